The Kier molecular flexibility index (Phi) is 4.21. The average molecular weight is 340 g/mol. The minimum Gasteiger partial charge on any atom is -0.307 e. The van der Waals surface area contributed by atoms with Crippen molar-refractivity contribution in [1.29, 1.82) is 0 Å². The van der Waals surface area contributed by atoms with Gasteiger partial charge in [-0.3, -0.25) is 9.69 Å². The van der Waals surface area contributed by atoms with Crippen LogP contribution in [0.2, 0.25) is 0 Å². The lowest BCUT2D eigenvalue weighted by molar-refractivity contribution is -0.119. The molecule has 1 fully saturated rings. The summed E-state index contributed by atoms with van der Waals surface area (Å²) in [6.45, 7) is 3.37. The van der Waals surface area contributed by atoms with Crippen molar-refractivity contribution in [3.63, 3.8) is 0 Å². The lowest BCUT2D eigenvalue weighted by atomic mass is 10.0. The maximum atomic E-state index is 13.2. The van der Waals surface area contributed by atoms with Crippen LogP contribution in [0.15, 0.2) is 24.3 Å². The Labute approximate surface area is 146 Å². The van der Waals surface area contributed by atoms with E-state index in [1.165, 1.54) is 12.1 Å². The molecule has 0 bridgehead atoms. The SMILES string of the molecule is Cc1nc(C2CCCN2)nc2c1CCC(=O)N2Cc1ccc(F)cc1. The highest BCUT2D eigenvalue weighted by molar-refractivity contribution is 5.95. The van der Waals surface area contributed by atoms with Gasteiger partial charge in [0.1, 0.15) is 17.5 Å². The summed E-state index contributed by atoms with van der Waals surface area (Å²) in [6, 6.07) is 6.43. The molecule has 2 aliphatic rings. The minimum absolute atomic E-state index is 0.0558. The highest BCUT2D eigenvalue weighted by Gasteiger charge is 2.30. The molecule has 3 heterocycles. The summed E-state index contributed by atoms with van der Waals surface area (Å²) >= 11 is 0. The van der Waals surface area contributed by atoms with Crippen LogP contribution in [-0.2, 0) is 17.8 Å². The van der Waals surface area contributed by atoms with Gasteiger partial charge in [0.15, 0.2) is 0 Å². The predicted molar refractivity (Wildman–Crippen MR) is 92.7 cm³/mol. The highest BCUT2D eigenvalue weighted by Crippen LogP contribution is 2.31. The molecule has 0 radical (unpaired) electrons. The number of rotatable bonds is 3. The number of fused-ring (bicyclic) bond motifs is 1. The summed E-state index contributed by atoms with van der Waals surface area (Å²) < 4.78 is 13.2. The summed E-state index contributed by atoms with van der Waals surface area (Å²) in [5, 5.41) is 3.42. The number of carbonyl (C=O) groups excluding carboxylic acids is 1. The van der Waals surface area contributed by atoms with E-state index in [1.807, 2.05) is 6.92 Å². The van der Waals surface area contributed by atoms with E-state index < -0.39 is 0 Å². The fourth-order valence-corrected chi connectivity index (χ4v) is 3.60. The van der Waals surface area contributed by atoms with Crippen molar-refractivity contribution in [2.24, 2.45) is 0 Å². The number of nitrogens with zero attached hydrogens (tertiary/aromatic N) is 3. The second kappa shape index (κ2) is 6.52. The van der Waals surface area contributed by atoms with Crippen molar-refractivity contribution in [2.45, 2.75) is 45.2 Å². The molecule has 4 rings (SSSR count). The Hall–Kier alpha value is -2.34. The van der Waals surface area contributed by atoms with Gasteiger partial charge >= 0.3 is 0 Å². The van der Waals surface area contributed by atoms with Crippen molar-refractivity contribution in [2.75, 3.05) is 11.4 Å². The van der Waals surface area contributed by atoms with Crippen LogP contribution < -0.4 is 10.2 Å². The third-order valence-corrected chi connectivity index (χ3v) is 4.98. The maximum absolute atomic E-state index is 13.2. The van der Waals surface area contributed by atoms with E-state index in [0.717, 1.165) is 47.8 Å². The topological polar surface area (TPSA) is 58.1 Å². The molecule has 0 aliphatic carbocycles. The summed E-state index contributed by atoms with van der Waals surface area (Å²) in [7, 11) is 0. The second-order valence-corrected chi connectivity index (χ2v) is 6.72. The molecule has 0 saturated carbocycles. The molecule has 1 N–H and O–H groups in total. The zero-order chi connectivity index (χ0) is 17.4. The third kappa shape index (κ3) is 3.14. The number of hydrogen-bond acceptors (Lipinski definition) is 4. The molecular formula is C19H21FN4O. The van der Waals surface area contributed by atoms with Gasteiger partial charge < -0.3 is 5.32 Å². The predicted octanol–water partition coefficient (Wildman–Crippen LogP) is 2.83. The Balaban J connectivity index is 1.71. The first-order chi connectivity index (χ1) is 12.1. The summed E-state index contributed by atoms with van der Waals surface area (Å²) in [4.78, 5) is 23.7. The Morgan fingerprint density at radius 1 is 1.24 bits per heavy atom. The monoisotopic (exact) mass is 340 g/mol. The number of aryl methyl sites for hydroxylation is 1. The molecule has 1 atom stereocenters. The number of amides is 1. The fourth-order valence-electron chi connectivity index (χ4n) is 3.60. The van der Waals surface area contributed by atoms with Gasteiger partial charge in [-0.15, -0.1) is 0 Å². The Morgan fingerprint density at radius 2 is 2.04 bits per heavy atom. The molecule has 2 aliphatic heterocycles. The number of hydrogen-bond donors (Lipinski definition) is 1. The van der Waals surface area contributed by atoms with Gasteiger partial charge in [-0.2, -0.15) is 0 Å². The van der Waals surface area contributed by atoms with Crippen LogP contribution in [0.4, 0.5) is 10.2 Å². The summed E-state index contributed by atoms with van der Waals surface area (Å²) in [5.41, 5.74) is 2.88. The van der Waals surface area contributed by atoms with Gasteiger partial charge in [0.2, 0.25) is 5.91 Å². The molecule has 25 heavy (non-hydrogen) atoms. The van der Waals surface area contributed by atoms with E-state index in [2.05, 4.69) is 10.3 Å². The zero-order valence-corrected chi connectivity index (χ0v) is 14.3. The molecule has 0 spiro atoms. The number of benzene rings is 1. The van der Waals surface area contributed by atoms with Crippen LogP contribution in [0.25, 0.3) is 0 Å². The number of anilines is 1. The van der Waals surface area contributed by atoms with Gasteiger partial charge in [-0.1, -0.05) is 12.1 Å². The van der Waals surface area contributed by atoms with Crippen molar-refractivity contribution in [3.8, 4) is 0 Å². The fraction of sp³-hybridized carbons (Fsp3) is 0.421. The highest BCUT2D eigenvalue weighted by atomic mass is 19.1. The van der Waals surface area contributed by atoms with E-state index in [4.69, 9.17) is 4.98 Å². The van der Waals surface area contributed by atoms with E-state index in [1.54, 1.807) is 17.0 Å². The lowest BCUT2D eigenvalue weighted by Gasteiger charge is -2.30. The van der Waals surface area contributed by atoms with Crippen LogP contribution in [0.3, 0.4) is 0 Å². The number of nitrogens with one attached hydrogen (secondary N) is 1. The molecule has 1 aromatic carbocycles. The third-order valence-electron chi connectivity index (χ3n) is 4.98. The minimum atomic E-state index is -0.276. The van der Waals surface area contributed by atoms with E-state index >= 15 is 0 Å². The van der Waals surface area contributed by atoms with Gasteiger partial charge in [-0.25, -0.2) is 14.4 Å². The van der Waals surface area contributed by atoms with E-state index in [-0.39, 0.29) is 17.8 Å². The second-order valence-electron chi connectivity index (χ2n) is 6.72. The molecular weight excluding hydrogens is 319 g/mol. The van der Waals surface area contributed by atoms with Gasteiger partial charge in [0.05, 0.1) is 12.6 Å². The normalized spacial score (nSPS) is 20.0. The molecule has 2 aromatic rings. The standard InChI is InChI=1S/C19H21FN4O/c1-12-15-8-9-17(25)24(11-13-4-6-14(20)7-5-13)19(15)23-18(22-12)16-3-2-10-21-16/h4-7,16,21H,2-3,8-11H2,1H3. The van der Waals surface area contributed by atoms with Crippen LogP contribution >= 0.6 is 0 Å². The largest absolute Gasteiger partial charge is 0.307 e. The van der Waals surface area contributed by atoms with Gasteiger partial charge in [-0.05, 0) is 50.4 Å². The first-order valence-electron chi connectivity index (χ1n) is 8.77. The van der Waals surface area contributed by atoms with Crippen molar-refractivity contribution >= 4 is 11.7 Å². The van der Waals surface area contributed by atoms with Crippen LogP contribution in [0.5, 0.6) is 0 Å². The molecule has 5 nitrogen and oxygen atoms in total. The molecule has 6 heteroatoms. The molecule has 1 unspecified atom stereocenters. The Morgan fingerprint density at radius 3 is 2.76 bits per heavy atom. The van der Waals surface area contributed by atoms with Crippen LogP contribution in [-0.4, -0.2) is 22.4 Å². The quantitative estimate of drug-likeness (QED) is 0.933. The molecule has 1 saturated heterocycles. The van der Waals surface area contributed by atoms with Crippen molar-refractivity contribution in [1.82, 2.24) is 15.3 Å². The first-order valence-corrected chi connectivity index (χ1v) is 8.77. The molecule has 130 valence electrons. The summed E-state index contributed by atoms with van der Waals surface area (Å²) in [5.74, 6) is 1.27. The summed E-state index contributed by atoms with van der Waals surface area (Å²) in [6.07, 6.45) is 3.27. The van der Waals surface area contributed by atoms with Crippen molar-refractivity contribution in [3.05, 3.63) is 52.7 Å². The lowest BCUT2D eigenvalue weighted by Crippen LogP contribution is -2.36. The average Bonchev–Trinajstić information content (AvgIpc) is 3.14. The van der Waals surface area contributed by atoms with E-state index in [9.17, 15) is 9.18 Å². The van der Waals surface area contributed by atoms with Crippen molar-refractivity contribution < 1.29 is 9.18 Å². The first kappa shape index (κ1) is 16.1. The van der Waals surface area contributed by atoms with E-state index in [0.29, 0.717) is 19.4 Å². The Bertz CT molecular complexity index is 800. The van der Waals surface area contributed by atoms with Gasteiger partial charge in [0, 0.05) is 17.7 Å². The molecule has 1 aromatic heterocycles. The smallest absolute Gasteiger partial charge is 0.228 e. The maximum Gasteiger partial charge on any atom is 0.228 e. The molecule has 1 amide bonds. The zero-order valence-electron chi connectivity index (χ0n) is 14.3. The van der Waals surface area contributed by atoms with Crippen LogP contribution in [0, 0.1) is 12.7 Å². The number of carbonyl (C=O) groups is 1. The van der Waals surface area contributed by atoms with Gasteiger partial charge in [0.25, 0.3) is 0 Å². The number of aromatic nitrogens is 2. The van der Waals surface area contributed by atoms with Crippen LogP contribution in [0.1, 0.15) is 47.9 Å². The number of halogens is 1.